The number of hydroxylamine groups is 1. The third kappa shape index (κ3) is 4.40. The lowest BCUT2D eigenvalue weighted by Crippen LogP contribution is -2.42. The standard InChI is InChI=1S/C19H17Cl2F3N2O2S/c1-3-17(27)25-9-16-10(2)4-15(29-16)14-8-18(28-26-14,19(22,23)24)11-5-12(20)7-13(21)6-11/h4-8,26H,3,9H2,1-2H3,(H,25,27). The summed E-state index contributed by atoms with van der Waals surface area (Å²) < 4.78 is 42.1. The van der Waals surface area contributed by atoms with Crippen molar-refractivity contribution in [3.8, 4) is 0 Å². The van der Waals surface area contributed by atoms with Gasteiger partial charge in [0.25, 0.3) is 0 Å². The fourth-order valence-electron chi connectivity index (χ4n) is 2.86. The van der Waals surface area contributed by atoms with Gasteiger partial charge in [-0.2, -0.15) is 13.2 Å². The number of aryl methyl sites for hydroxylation is 1. The van der Waals surface area contributed by atoms with E-state index in [4.69, 9.17) is 28.0 Å². The first-order valence-electron chi connectivity index (χ1n) is 8.62. The first-order valence-corrected chi connectivity index (χ1v) is 10.2. The molecule has 4 nitrogen and oxygen atoms in total. The van der Waals surface area contributed by atoms with Gasteiger partial charge in [-0.05, 0) is 42.8 Å². The van der Waals surface area contributed by atoms with Gasteiger partial charge in [-0.25, -0.2) is 0 Å². The molecule has 1 unspecified atom stereocenters. The maximum atomic E-state index is 14.0. The summed E-state index contributed by atoms with van der Waals surface area (Å²) in [5, 5.41) is 2.91. The minimum Gasteiger partial charge on any atom is -0.351 e. The van der Waals surface area contributed by atoms with E-state index in [1.807, 2.05) is 6.92 Å². The van der Waals surface area contributed by atoms with Crippen molar-refractivity contribution in [3.05, 3.63) is 61.3 Å². The number of rotatable bonds is 5. The molecule has 0 radical (unpaired) electrons. The van der Waals surface area contributed by atoms with Gasteiger partial charge in [-0.1, -0.05) is 30.1 Å². The summed E-state index contributed by atoms with van der Waals surface area (Å²) in [6, 6.07) is 5.45. The number of carbonyl (C=O) groups is 1. The highest BCUT2D eigenvalue weighted by molar-refractivity contribution is 7.13. The minimum atomic E-state index is -4.76. The van der Waals surface area contributed by atoms with Gasteiger partial charge in [0.1, 0.15) is 0 Å². The molecule has 1 aliphatic heterocycles. The molecule has 29 heavy (non-hydrogen) atoms. The highest BCUT2D eigenvalue weighted by atomic mass is 35.5. The average Bonchev–Trinajstić information content (AvgIpc) is 3.23. The number of carbonyl (C=O) groups excluding carboxylic acids is 1. The number of amides is 1. The van der Waals surface area contributed by atoms with Gasteiger partial charge in [0.15, 0.2) is 0 Å². The van der Waals surface area contributed by atoms with Gasteiger partial charge in [0.2, 0.25) is 11.5 Å². The van der Waals surface area contributed by atoms with E-state index in [1.165, 1.54) is 29.5 Å². The second kappa shape index (κ2) is 8.18. The molecule has 3 rings (SSSR count). The summed E-state index contributed by atoms with van der Waals surface area (Å²) in [5.41, 5.74) is 0.484. The van der Waals surface area contributed by atoms with Crippen molar-refractivity contribution >= 4 is 46.1 Å². The van der Waals surface area contributed by atoms with Gasteiger partial charge < -0.3 is 5.32 Å². The highest BCUT2D eigenvalue weighted by Crippen LogP contribution is 2.48. The smallest absolute Gasteiger partial charge is 0.351 e. The second-order valence-corrected chi connectivity index (χ2v) is 8.51. The Morgan fingerprint density at radius 3 is 2.48 bits per heavy atom. The maximum absolute atomic E-state index is 14.0. The van der Waals surface area contributed by atoms with E-state index in [-0.39, 0.29) is 27.2 Å². The first kappa shape index (κ1) is 22.0. The van der Waals surface area contributed by atoms with Gasteiger partial charge >= 0.3 is 6.18 Å². The zero-order valence-corrected chi connectivity index (χ0v) is 17.7. The monoisotopic (exact) mass is 464 g/mol. The van der Waals surface area contributed by atoms with Crippen LogP contribution in [0.5, 0.6) is 0 Å². The molecule has 0 saturated carbocycles. The molecule has 0 bridgehead atoms. The maximum Gasteiger partial charge on any atom is 0.428 e. The lowest BCUT2D eigenvalue weighted by atomic mass is 9.92. The van der Waals surface area contributed by atoms with Gasteiger partial charge in [-0.3, -0.25) is 15.1 Å². The second-order valence-electron chi connectivity index (χ2n) is 6.50. The predicted octanol–water partition coefficient (Wildman–Crippen LogP) is 5.72. The van der Waals surface area contributed by atoms with Crippen LogP contribution in [-0.2, 0) is 21.8 Å². The molecule has 0 spiro atoms. The molecule has 1 aromatic heterocycles. The lowest BCUT2D eigenvalue weighted by Gasteiger charge is -2.28. The van der Waals surface area contributed by atoms with E-state index in [0.29, 0.717) is 17.8 Å². The zero-order valence-electron chi connectivity index (χ0n) is 15.4. The Kier molecular flexibility index (Phi) is 6.19. The van der Waals surface area contributed by atoms with Gasteiger partial charge in [0.05, 0.1) is 17.1 Å². The van der Waals surface area contributed by atoms with E-state index in [1.54, 1.807) is 13.0 Å². The zero-order chi connectivity index (χ0) is 21.4. The SMILES string of the molecule is CCC(=O)NCc1sc(C2=CC(c3cc(Cl)cc(Cl)c3)(C(F)(F)F)ON2)cc1C. The van der Waals surface area contributed by atoms with Crippen LogP contribution in [0, 0.1) is 6.92 Å². The topological polar surface area (TPSA) is 50.4 Å². The van der Waals surface area contributed by atoms with Crippen molar-refractivity contribution < 1.29 is 22.8 Å². The minimum absolute atomic E-state index is 0.0718. The Labute approximate surface area is 179 Å². The highest BCUT2D eigenvalue weighted by Gasteiger charge is 2.59. The van der Waals surface area contributed by atoms with Crippen LogP contribution in [0.4, 0.5) is 13.2 Å². The van der Waals surface area contributed by atoms with Crippen molar-refractivity contribution in [3.63, 3.8) is 0 Å². The number of alkyl halides is 3. The molecular weight excluding hydrogens is 448 g/mol. The Morgan fingerprint density at radius 1 is 1.24 bits per heavy atom. The van der Waals surface area contributed by atoms with E-state index >= 15 is 0 Å². The lowest BCUT2D eigenvalue weighted by molar-refractivity contribution is -0.269. The summed E-state index contributed by atoms with van der Waals surface area (Å²) >= 11 is 13.1. The van der Waals surface area contributed by atoms with Gasteiger partial charge in [-0.15, -0.1) is 11.3 Å². The van der Waals surface area contributed by atoms with Gasteiger partial charge in [0, 0.05) is 26.9 Å². The summed E-state index contributed by atoms with van der Waals surface area (Å²) in [6.07, 6.45) is -3.43. The molecule has 1 aliphatic rings. The molecule has 0 fully saturated rings. The predicted molar refractivity (Wildman–Crippen MR) is 108 cm³/mol. The average molecular weight is 465 g/mol. The number of nitrogens with one attached hydrogen (secondary N) is 2. The first-order chi connectivity index (χ1) is 13.6. The molecule has 10 heteroatoms. The van der Waals surface area contributed by atoms with E-state index in [9.17, 15) is 18.0 Å². The van der Waals surface area contributed by atoms with Crippen molar-refractivity contribution in [2.45, 2.75) is 38.6 Å². The normalized spacial score (nSPS) is 19.1. The number of halogens is 5. The number of hydrogen-bond donors (Lipinski definition) is 2. The third-order valence-electron chi connectivity index (χ3n) is 4.44. The van der Waals surface area contributed by atoms with Crippen LogP contribution in [0.15, 0.2) is 30.3 Å². The van der Waals surface area contributed by atoms with Crippen LogP contribution in [0.25, 0.3) is 5.70 Å². The molecule has 0 aliphatic carbocycles. The number of thiophene rings is 1. The molecule has 2 N–H and O–H groups in total. The number of hydrogen-bond acceptors (Lipinski definition) is 4. The Morgan fingerprint density at radius 2 is 1.90 bits per heavy atom. The molecule has 1 aromatic carbocycles. The van der Waals surface area contributed by atoms with Crippen LogP contribution in [0.3, 0.4) is 0 Å². The molecular formula is C19H17Cl2F3N2O2S. The van der Waals surface area contributed by atoms with Crippen molar-refractivity contribution in [2.24, 2.45) is 0 Å². The van der Waals surface area contributed by atoms with E-state index in [2.05, 4.69) is 10.8 Å². The summed E-state index contributed by atoms with van der Waals surface area (Å²) in [7, 11) is 0. The quantitative estimate of drug-likeness (QED) is 0.594. The number of benzene rings is 1. The van der Waals surface area contributed by atoms with E-state index in [0.717, 1.165) is 16.5 Å². The Balaban J connectivity index is 1.99. The summed E-state index contributed by atoms with van der Waals surface area (Å²) in [6.45, 7) is 3.88. The Hall–Kier alpha value is -1.74. The van der Waals surface area contributed by atoms with Crippen molar-refractivity contribution in [1.29, 1.82) is 0 Å². The molecule has 156 valence electrons. The molecule has 2 aromatic rings. The molecule has 1 atom stereocenters. The Bertz CT molecular complexity index is 955. The van der Waals surface area contributed by atoms with Crippen LogP contribution in [0.1, 0.15) is 34.2 Å². The fourth-order valence-corrected chi connectivity index (χ4v) is 4.47. The van der Waals surface area contributed by atoms with Crippen LogP contribution < -0.4 is 10.8 Å². The van der Waals surface area contributed by atoms with E-state index < -0.39 is 11.8 Å². The molecule has 0 saturated heterocycles. The van der Waals surface area contributed by atoms with Crippen LogP contribution in [0.2, 0.25) is 10.0 Å². The molecule has 1 amide bonds. The van der Waals surface area contributed by atoms with Crippen LogP contribution >= 0.6 is 34.5 Å². The summed E-state index contributed by atoms with van der Waals surface area (Å²) in [5.74, 6) is -0.102. The van der Waals surface area contributed by atoms with Crippen molar-refractivity contribution in [2.75, 3.05) is 0 Å². The largest absolute Gasteiger partial charge is 0.428 e. The van der Waals surface area contributed by atoms with Crippen molar-refractivity contribution in [1.82, 2.24) is 10.8 Å². The fraction of sp³-hybridized carbons (Fsp3) is 0.316. The third-order valence-corrected chi connectivity index (χ3v) is 6.14. The molecule has 2 heterocycles. The van der Waals surface area contributed by atoms with Crippen LogP contribution in [-0.4, -0.2) is 12.1 Å². The summed E-state index contributed by atoms with van der Waals surface area (Å²) in [4.78, 5) is 18.0.